The van der Waals surface area contributed by atoms with Crippen LogP contribution >= 0.6 is 0 Å². The van der Waals surface area contributed by atoms with Crippen LogP contribution in [-0.2, 0) is 16.0 Å². The lowest BCUT2D eigenvalue weighted by molar-refractivity contribution is 0.0547. The van der Waals surface area contributed by atoms with Gasteiger partial charge in [-0.15, -0.1) is 0 Å². The second-order valence-electron chi connectivity index (χ2n) is 8.80. The zero-order valence-corrected chi connectivity index (χ0v) is 20.4. The third-order valence-corrected chi connectivity index (χ3v) is 6.11. The summed E-state index contributed by atoms with van der Waals surface area (Å²) in [6.07, 6.45) is 4.84. The molecule has 11 heteroatoms. The minimum atomic E-state index is 0.258. The third kappa shape index (κ3) is 7.81. The molecule has 2 atom stereocenters. The van der Waals surface area contributed by atoms with Crippen molar-refractivity contribution < 1.29 is 18.9 Å². The smallest absolute Gasteiger partial charge is 0.231 e. The zero-order valence-electron chi connectivity index (χ0n) is 20.4. The minimum absolute atomic E-state index is 0.258. The van der Waals surface area contributed by atoms with E-state index in [9.17, 15) is 0 Å². The van der Waals surface area contributed by atoms with E-state index in [-0.39, 0.29) is 6.79 Å². The molecular weight excluding hydrogens is 450 g/mol. The van der Waals surface area contributed by atoms with Crippen LogP contribution in [-0.4, -0.2) is 67.3 Å². The highest BCUT2D eigenvalue weighted by Crippen LogP contribution is 2.32. The molecule has 0 radical (unpaired) electrons. The van der Waals surface area contributed by atoms with Crippen molar-refractivity contribution in [1.29, 1.82) is 0 Å². The highest BCUT2D eigenvalue weighted by molar-refractivity contribution is 5.46. The van der Waals surface area contributed by atoms with Crippen molar-refractivity contribution in [1.82, 2.24) is 15.0 Å². The van der Waals surface area contributed by atoms with Gasteiger partial charge in [0.1, 0.15) is 0 Å². The van der Waals surface area contributed by atoms with E-state index in [0.29, 0.717) is 75.9 Å². The maximum absolute atomic E-state index is 5.59. The lowest BCUT2D eigenvalue weighted by Crippen LogP contribution is -2.31. The number of aromatic nitrogens is 3. The highest BCUT2D eigenvalue weighted by atomic mass is 16.7. The molecule has 1 aliphatic carbocycles. The van der Waals surface area contributed by atoms with Gasteiger partial charge >= 0.3 is 0 Å². The number of nitrogens with two attached hydrogens (primary N) is 1. The van der Waals surface area contributed by atoms with Crippen LogP contribution in [0.1, 0.15) is 38.2 Å². The second-order valence-corrected chi connectivity index (χ2v) is 8.80. The van der Waals surface area contributed by atoms with E-state index in [1.165, 1.54) is 19.3 Å². The number of ether oxygens (including phenoxy) is 4. The molecule has 1 aliphatic heterocycles. The molecule has 2 unspecified atom stereocenters. The van der Waals surface area contributed by atoms with E-state index in [1.54, 1.807) is 0 Å². The largest absolute Gasteiger partial charge is 0.454 e. The predicted molar refractivity (Wildman–Crippen MR) is 134 cm³/mol. The first-order valence-electron chi connectivity index (χ1n) is 12.5. The Morgan fingerprint density at radius 2 is 1.66 bits per heavy atom. The van der Waals surface area contributed by atoms with Crippen LogP contribution in [0.15, 0.2) is 18.2 Å². The van der Waals surface area contributed by atoms with Gasteiger partial charge in [-0.05, 0) is 36.5 Å². The molecule has 1 fully saturated rings. The molecular formula is C24H37N7O4. The van der Waals surface area contributed by atoms with Gasteiger partial charge in [-0.3, -0.25) is 0 Å². The first-order valence-corrected chi connectivity index (χ1v) is 12.5. The SMILES string of the molecule is CC1CCCCC1Nc1nc(NCCOCCOCCN)nc(NCc2ccc3c(c2)OCO3)n1. The van der Waals surface area contributed by atoms with Crippen molar-refractivity contribution in [2.24, 2.45) is 11.7 Å². The molecule has 192 valence electrons. The number of anilines is 3. The summed E-state index contributed by atoms with van der Waals surface area (Å²) in [5, 5.41) is 10.1. The zero-order chi connectivity index (χ0) is 24.3. The average Bonchev–Trinajstić information content (AvgIpc) is 3.34. The van der Waals surface area contributed by atoms with Gasteiger partial charge in [0.05, 0.1) is 26.4 Å². The lowest BCUT2D eigenvalue weighted by Gasteiger charge is -2.29. The summed E-state index contributed by atoms with van der Waals surface area (Å²) in [7, 11) is 0. The van der Waals surface area contributed by atoms with E-state index in [1.807, 2.05) is 18.2 Å². The number of nitrogens with one attached hydrogen (secondary N) is 3. The molecule has 0 spiro atoms. The Morgan fingerprint density at radius 3 is 2.49 bits per heavy atom. The lowest BCUT2D eigenvalue weighted by atomic mass is 9.86. The number of rotatable bonds is 14. The van der Waals surface area contributed by atoms with Crippen molar-refractivity contribution in [2.45, 2.75) is 45.2 Å². The van der Waals surface area contributed by atoms with Crippen molar-refractivity contribution >= 4 is 17.8 Å². The Kier molecular flexibility index (Phi) is 9.56. The van der Waals surface area contributed by atoms with Gasteiger partial charge in [-0.25, -0.2) is 0 Å². The summed E-state index contributed by atoms with van der Waals surface area (Å²) in [4.78, 5) is 13.8. The number of hydrogen-bond acceptors (Lipinski definition) is 11. The average molecular weight is 488 g/mol. The Hall–Kier alpha value is -2.89. The standard InChI is InChI=1S/C24H37N7O4/c1-17-4-2-3-5-19(17)28-24-30-22(26-9-11-33-13-12-32-10-8-25)29-23(31-24)27-15-18-6-7-20-21(14-18)35-16-34-20/h6-7,14,17,19H,2-5,8-13,15-16,25H2,1H3,(H3,26,27,28,29,30,31). The van der Waals surface area contributed by atoms with Crippen LogP contribution < -0.4 is 31.2 Å². The van der Waals surface area contributed by atoms with E-state index in [2.05, 4.69) is 37.8 Å². The van der Waals surface area contributed by atoms with Gasteiger partial charge in [0.25, 0.3) is 0 Å². The molecule has 1 saturated carbocycles. The molecule has 0 amide bonds. The van der Waals surface area contributed by atoms with Crippen molar-refractivity contribution in [3.8, 4) is 11.5 Å². The molecule has 0 saturated heterocycles. The molecule has 0 bridgehead atoms. The van der Waals surface area contributed by atoms with Gasteiger partial charge in [-0.2, -0.15) is 15.0 Å². The quantitative estimate of drug-likeness (QED) is 0.293. The fourth-order valence-electron chi connectivity index (χ4n) is 4.17. The van der Waals surface area contributed by atoms with Crippen molar-refractivity contribution in [3.63, 3.8) is 0 Å². The Morgan fingerprint density at radius 1 is 0.914 bits per heavy atom. The fourth-order valence-corrected chi connectivity index (χ4v) is 4.17. The van der Waals surface area contributed by atoms with Crippen LogP contribution in [0.2, 0.25) is 0 Å². The van der Waals surface area contributed by atoms with Gasteiger partial charge in [0, 0.05) is 25.7 Å². The Bertz CT molecular complexity index is 933. The van der Waals surface area contributed by atoms with Gasteiger partial charge < -0.3 is 40.6 Å². The normalized spacial score (nSPS) is 18.9. The van der Waals surface area contributed by atoms with Gasteiger partial charge in [0.15, 0.2) is 11.5 Å². The Balaban J connectivity index is 1.35. The topological polar surface area (TPSA) is 138 Å². The molecule has 2 aliphatic rings. The molecule has 2 heterocycles. The van der Waals surface area contributed by atoms with E-state index in [4.69, 9.17) is 24.7 Å². The van der Waals surface area contributed by atoms with E-state index in [0.717, 1.165) is 23.5 Å². The monoisotopic (exact) mass is 487 g/mol. The minimum Gasteiger partial charge on any atom is -0.454 e. The summed E-state index contributed by atoms with van der Waals surface area (Å²) in [6.45, 7) is 6.29. The summed E-state index contributed by atoms with van der Waals surface area (Å²) in [6, 6.07) is 6.24. The van der Waals surface area contributed by atoms with E-state index < -0.39 is 0 Å². The number of hydrogen-bond donors (Lipinski definition) is 4. The summed E-state index contributed by atoms with van der Waals surface area (Å²) in [5.74, 6) is 3.68. The van der Waals surface area contributed by atoms with Gasteiger partial charge in [0.2, 0.25) is 24.6 Å². The molecule has 35 heavy (non-hydrogen) atoms. The summed E-state index contributed by atoms with van der Waals surface area (Å²) >= 11 is 0. The maximum Gasteiger partial charge on any atom is 0.231 e. The fraction of sp³-hybridized carbons (Fsp3) is 0.625. The van der Waals surface area contributed by atoms with E-state index >= 15 is 0 Å². The van der Waals surface area contributed by atoms with Crippen LogP contribution in [0.4, 0.5) is 17.8 Å². The molecule has 4 rings (SSSR count). The van der Waals surface area contributed by atoms with Crippen molar-refractivity contribution in [3.05, 3.63) is 23.8 Å². The molecule has 1 aromatic heterocycles. The number of nitrogens with zero attached hydrogens (tertiary/aromatic N) is 3. The van der Waals surface area contributed by atoms with Crippen LogP contribution in [0.25, 0.3) is 0 Å². The number of fused-ring (bicyclic) bond motifs is 1. The maximum atomic E-state index is 5.59. The molecule has 2 aromatic rings. The highest BCUT2D eigenvalue weighted by Gasteiger charge is 2.22. The molecule has 5 N–H and O–H groups in total. The second kappa shape index (κ2) is 13.3. The molecule has 11 nitrogen and oxygen atoms in total. The first kappa shape index (κ1) is 25.2. The van der Waals surface area contributed by atoms with Crippen LogP contribution in [0.3, 0.4) is 0 Å². The Labute approximate surface area is 206 Å². The predicted octanol–water partition coefficient (Wildman–Crippen LogP) is 2.61. The summed E-state index contributed by atoms with van der Waals surface area (Å²) in [5.41, 5.74) is 6.45. The number of benzene rings is 1. The molecule has 1 aromatic carbocycles. The van der Waals surface area contributed by atoms with Crippen molar-refractivity contribution in [2.75, 3.05) is 62.3 Å². The van der Waals surface area contributed by atoms with Crippen LogP contribution in [0, 0.1) is 5.92 Å². The van der Waals surface area contributed by atoms with Crippen LogP contribution in [0.5, 0.6) is 11.5 Å². The summed E-state index contributed by atoms with van der Waals surface area (Å²) < 4.78 is 21.8. The first-order chi connectivity index (χ1) is 17.2. The third-order valence-electron chi connectivity index (χ3n) is 6.11. The van der Waals surface area contributed by atoms with Gasteiger partial charge in [-0.1, -0.05) is 25.8 Å².